The Balaban J connectivity index is 2.00. The highest BCUT2D eigenvalue weighted by Crippen LogP contribution is 2.26. The molecule has 6 heteroatoms. The normalized spacial score (nSPS) is 10.3. The van der Waals surface area contributed by atoms with Crippen molar-refractivity contribution in [2.75, 3.05) is 18.5 Å². The summed E-state index contributed by atoms with van der Waals surface area (Å²) in [6.07, 6.45) is 0.192. The summed E-state index contributed by atoms with van der Waals surface area (Å²) in [5, 5.41) is 2.78. The van der Waals surface area contributed by atoms with E-state index in [2.05, 4.69) is 21.2 Å². The van der Waals surface area contributed by atoms with Gasteiger partial charge in [0.2, 0.25) is 5.91 Å². The van der Waals surface area contributed by atoms with Gasteiger partial charge in [0.05, 0.1) is 18.8 Å². The number of carbonyl (C=O) groups excluding carboxylic acids is 2. The van der Waals surface area contributed by atoms with E-state index < -0.39 is 0 Å². The van der Waals surface area contributed by atoms with Crippen LogP contribution in [-0.2, 0) is 4.79 Å². The molecule has 2 rings (SSSR count). The van der Waals surface area contributed by atoms with E-state index in [0.717, 1.165) is 4.47 Å². The Morgan fingerprint density at radius 1 is 0.962 bits per heavy atom. The molecule has 0 atom stereocenters. The third-order valence-corrected chi connectivity index (χ3v) is 4.10. The van der Waals surface area contributed by atoms with E-state index >= 15 is 0 Å². The van der Waals surface area contributed by atoms with Crippen LogP contribution in [0.2, 0.25) is 0 Å². The number of Topliss-reactive ketones (excluding diaryl/α,β-unsaturated/α-hetero) is 1. The van der Waals surface area contributed by atoms with Gasteiger partial charge in [0.1, 0.15) is 11.5 Å². The van der Waals surface area contributed by atoms with Crippen molar-refractivity contribution in [1.82, 2.24) is 0 Å². The van der Waals surface area contributed by atoms with E-state index in [1.807, 2.05) is 26.0 Å². The molecule has 0 heterocycles. The quantitative estimate of drug-likeness (QED) is 0.590. The summed E-state index contributed by atoms with van der Waals surface area (Å²) in [4.78, 5) is 24.7. The number of ether oxygens (including phenoxy) is 2. The fourth-order valence-electron chi connectivity index (χ4n) is 2.38. The Morgan fingerprint density at radius 2 is 1.65 bits per heavy atom. The van der Waals surface area contributed by atoms with Crippen LogP contribution in [0.4, 0.5) is 5.69 Å². The summed E-state index contributed by atoms with van der Waals surface area (Å²) in [5.74, 6) is 0.758. The van der Waals surface area contributed by atoms with Crippen LogP contribution < -0.4 is 14.8 Å². The van der Waals surface area contributed by atoms with Crippen LogP contribution in [0.3, 0.4) is 0 Å². The zero-order valence-corrected chi connectivity index (χ0v) is 16.5. The van der Waals surface area contributed by atoms with Crippen LogP contribution in [0.1, 0.15) is 37.0 Å². The number of ketones is 1. The number of anilines is 1. The van der Waals surface area contributed by atoms with Crippen molar-refractivity contribution in [2.24, 2.45) is 0 Å². The van der Waals surface area contributed by atoms with Gasteiger partial charge in [-0.05, 0) is 56.3 Å². The van der Waals surface area contributed by atoms with Crippen LogP contribution in [-0.4, -0.2) is 24.9 Å². The van der Waals surface area contributed by atoms with Crippen molar-refractivity contribution < 1.29 is 19.1 Å². The average Bonchev–Trinajstić information content (AvgIpc) is 2.63. The minimum atomic E-state index is -0.209. The van der Waals surface area contributed by atoms with Gasteiger partial charge in [-0.15, -0.1) is 0 Å². The van der Waals surface area contributed by atoms with Gasteiger partial charge in [-0.25, -0.2) is 0 Å². The molecule has 0 fully saturated rings. The first kappa shape index (κ1) is 20.0. The van der Waals surface area contributed by atoms with Gasteiger partial charge >= 0.3 is 0 Å². The number of hydrogen-bond acceptors (Lipinski definition) is 4. The standard InChI is InChI=1S/C20H22BrNO4/c1-3-25-16-9-11-19(26-4-2)17(13-16)18(23)10-12-20(24)22-15-7-5-14(21)6-8-15/h5-9,11,13H,3-4,10,12H2,1-2H3,(H,22,24). The lowest BCUT2D eigenvalue weighted by atomic mass is 10.0. The number of nitrogens with one attached hydrogen (secondary N) is 1. The molecule has 2 aromatic rings. The second-order valence-electron chi connectivity index (χ2n) is 5.50. The van der Waals surface area contributed by atoms with Gasteiger partial charge in [-0.1, -0.05) is 15.9 Å². The molecule has 0 aliphatic carbocycles. The Kier molecular flexibility index (Phi) is 7.66. The van der Waals surface area contributed by atoms with Crippen LogP contribution in [0.15, 0.2) is 46.9 Å². The van der Waals surface area contributed by atoms with Crippen molar-refractivity contribution in [3.8, 4) is 11.5 Å². The molecule has 0 saturated carbocycles. The first-order chi connectivity index (χ1) is 12.5. The first-order valence-corrected chi connectivity index (χ1v) is 9.31. The average molecular weight is 420 g/mol. The van der Waals surface area contributed by atoms with E-state index in [1.54, 1.807) is 30.3 Å². The monoisotopic (exact) mass is 419 g/mol. The molecular formula is C20H22BrNO4. The molecule has 0 bridgehead atoms. The molecule has 0 radical (unpaired) electrons. The Labute approximate surface area is 161 Å². The number of carbonyl (C=O) groups is 2. The maximum Gasteiger partial charge on any atom is 0.224 e. The van der Waals surface area contributed by atoms with Crippen molar-refractivity contribution in [1.29, 1.82) is 0 Å². The van der Waals surface area contributed by atoms with Gasteiger partial charge in [-0.2, -0.15) is 0 Å². The molecular weight excluding hydrogens is 398 g/mol. The van der Waals surface area contributed by atoms with Crippen molar-refractivity contribution in [2.45, 2.75) is 26.7 Å². The second-order valence-corrected chi connectivity index (χ2v) is 6.42. The lowest BCUT2D eigenvalue weighted by molar-refractivity contribution is -0.116. The Morgan fingerprint density at radius 3 is 2.31 bits per heavy atom. The smallest absolute Gasteiger partial charge is 0.224 e. The van der Waals surface area contributed by atoms with Gasteiger partial charge in [0.15, 0.2) is 5.78 Å². The van der Waals surface area contributed by atoms with Crippen LogP contribution in [0.25, 0.3) is 0 Å². The van der Waals surface area contributed by atoms with E-state index in [0.29, 0.717) is 36.0 Å². The largest absolute Gasteiger partial charge is 0.494 e. The summed E-state index contributed by atoms with van der Waals surface area (Å²) in [6, 6.07) is 12.4. The van der Waals surface area contributed by atoms with Crippen molar-refractivity contribution >= 4 is 33.3 Å². The first-order valence-electron chi connectivity index (χ1n) is 8.51. The molecule has 2 aromatic carbocycles. The lowest BCUT2D eigenvalue weighted by Crippen LogP contribution is -2.14. The fourth-order valence-corrected chi connectivity index (χ4v) is 2.65. The molecule has 0 saturated heterocycles. The molecule has 0 aliphatic rings. The zero-order valence-electron chi connectivity index (χ0n) is 14.9. The highest BCUT2D eigenvalue weighted by molar-refractivity contribution is 9.10. The van der Waals surface area contributed by atoms with Crippen molar-refractivity contribution in [3.05, 3.63) is 52.5 Å². The van der Waals surface area contributed by atoms with Crippen LogP contribution >= 0.6 is 15.9 Å². The maximum atomic E-state index is 12.6. The highest BCUT2D eigenvalue weighted by Gasteiger charge is 2.16. The Bertz CT molecular complexity index is 759. The van der Waals surface area contributed by atoms with Crippen LogP contribution in [0.5, 0.6) is 11.5 Å². The third-order valence-electron chi connectivity index (χ3n) is 3.57. The molecule has 0 unspecified atom stereocenters. The van der Waals surface area contributed by atoms with E-state index in [9.17, 15) is 9.59 Å². The Hall–Kier alpha value is -2.34. The molecule has 26 heavy (non-hydrogen) atoms. The SMILES string of the molecule is CCOc1ccc(OCC)c(C(=O)CCC(=O)Nc2ccc(Br)cc2)c1. The summed E-state index contributed by atoms with van der Waals surface area (Å²) in [7, 11) is 0. The third kappa shape index (κ3) is 5.88. The molecule has 0 spiro atoms. The summed E-state index contributed by atoms with van der Waals surface area (Å²) in [6.45, 7) is 4.70. The van der Waals surface area contributed by atoms with Gasteiger partial charge in [0, 0.05) is 23.0 Å². The predicted octanol–water partition coefficient (Wildman–Crippen LogP) is 4.85. The summed E-state index contributed by atoms with van der Waals surface area (Å²) >= 11 is 3.34. The minimum absolute atomic E-state index is 0.0953. The molecule has 0 aliphatic heterocycles. The number of rotatable bonds is 9. The number of hydrogen-bond donors (Lipinski definition) is 1. The molecule has 0 aromatic heterocycles. The molecule has 5 nitrogen and oxygen atoms in total. The fraction of sp³-hybridized carbons (Fsp3) is 0.300. The van der Waals surface area contributed by atoms with E-state index in [4.69, 9.17) is 9.47 Å². The maximum absolute atomic E-state index is 12.6. The van der Waals surface area contributed by atoms with Crippen LogP contribution in [0, 0.1) is 0 Å². The van der Waals surface area contributed by atoms with E-state index in [1.165, 1.54) is 0 Å². The summed E-state index contributed by atoms with van der Waals surface area (Å²) < 4.78 is 11.9. The zero-order chi connectivity index (χ0) is 18.9. The van der Waals surface area contributed by atoms with Gasteiger partial charge < -0.3 is 14.8 Å². The topological polar surface area (TPSA) is 64.6 Å². The number of halogens is 1. The van der Waals surface area contributed by atoms with Gasteiger partial charge in [0.25, 0.3) is 0 Å². The second kappa shape index (κ2) is 9.97. The highest BCUT2D eigenvalue weighted by atomic mass is 79.9. The van der Waals surface area contributed by atoms with Gasteiger partial charge in [-0.3, -0.25) is 9.59 Å². The lowest BCUT2D eigenvalue weighted by Gasteiger charge is -2.12. The van der Waals surface area contributed by atoms with E-state index in [-0.39, 0.29) is 24.5 Å². The molecule has 1 N–H and O–H groups in total. The summed E-state index contributed by atoms with van der Waals surface area (Å²) in [5.41, 5.74) is 1.13. The van der Waals surface area contributed by atoms with Crippen molar-refractivity contribution in [3.63, 3.8) is 0 Å². The molecule has 138 valence electrons. The number of benzene rings is 2. The number of amides is 1. The predicted molar refractivity (Wildman–Crippen MR) is 105 cm³/mol. The molecule has 1 amide bonds. The minimum Gasteiger partial charge on any atom is -0.494 e.